The van der Waals surface area contributed by atoms with Crippen LogP contribution in [0.15, 0.2) is 18.2 Å². The predicted octanol–water partition coefficient (Wildman–Crippen LogP) is 3.50. The van der Waals surface area contributed by atoms with Crippen molar-refractivity contribution >= 4 is 15.9 Å². The van der Waals surface area contributed by atoms with Crippen LogP contribution in [0.1, 0.15) is 24.0 Å². The average molecular weight is 243 g/mol. The highest BCUT2D eigenvalue weighted by atomic mass is 79.9. The Morgan fingerprint density at radius 2 is 2.15 bits per heavy atom. The van der Waals surface area contributed by atoms with Gasteiger partial charge in [0.1, 0.15) is 5.75 Å². The van der Waals surface area contributed by atoms with Gasteiger partial charge in [0.05, 0.1) is 7.11 Å². The third-order valence-electron chi connectivity index (χ3n) is 2.23. The van der Waals surface area contributed by atoms with Crippen molar-refractivity contribution in [3.63, 3.8) is 0 Å². The molecule has 0 aliphatic rings. The Morgan fingerprint density at radius 1 is 1.46 bits per heavy atom. The molecule has 1 atom stereocenters. The van der Waals surface area contributed by atoms with E-state index >= 15 is 0 Å². The summed E-state index contributed by atoms with van der Waals surface area (Å²) in [5, 5.41) is 0.985. The zero-order valence-electron chi connectivity index (χ0n) is 8.30. The van der Waals surface area contributed by atoms with Gasteiger partial charge in [-0.25, -0.2) is 0 Å². The lowest BCUT2D eigenvalue weighted by atomic mass is 10.0. The molecule has 0 bridgehead atoms. The molecule has 0 heterocycles. The lowest BCUT2D eigenvalue weighted by Gasteiger charge is -2.11. The molecule has 0 amide bonds. The van der Waals surface area contributed by atoms with Gasteiger partial charge in [0, 0.05) is 5.33 Å². The van der Waals surface area contributed by atoms with E-state index in [1.807, 2.05) is 0 Å². The zero-order chi connectivity index (χ0) is 9.84. The Bertz CT molecular complexity index is 283. The molecule has 0 spiro atoms. The van der Waals surface area contributed by atoms with Crippen LogP contribution in [0.5, 0.6) is 5.75 Å². The average Bonchev–Trinajstić information content (AvgIpc) is 2.17. The van der Waals surface area contributed by atoms with Crippen molar-refractivity contribution in [3.8, 4) is 5.75 Å². The normalized spacial score (nSPS) is 12.6. The molecule has 0 N–H and O–H groups in total. The molecule has 0 aliphatic heterocycles. The largest absolute Gasteiger partial charge is 0.496 e. The van der Waals surface area contributed by atoms with E-state index in [0.717, 1.165) is 11.1 Å². The second kappa shape index (κ2) is 4.66. The summed E-state index contributed by atoms with van der Waals surface area (Å²) < 4.78 is 5.26. The molecule has 0 aliphatic carbocycles. The van der Waals surface area contributed by atoms with Crippen LogP contribution >= 0.6 is 15.9 Å². The molecule has 0 radical (unpaired) electrons. The monoisotopic (exact) mass is 242 g/mol. The van der Waals surface area contributed by atoms with E-state index in [1.165, 1.54) is 11.1 Å². The summed E-state index contributed by atoms with van der Waals surface area (Å²) in [7, 11) is 1.71. The van der Waals surface area contributed by atoms with Crippen LogP contribution in [0.2, 0.25) is 0 Å². The van der Waals surface area contributed by atoms with Gasteiger partial charge in [-0.05, 0) is 30.0 Å². The molecule has 72 valence electrons. The quantitative estimate of drug-likeness (QED) is 0.738. The maximum atomic E-state index is 5.26. The van der Waals surface area contributed by atoms with E-state index in [2.05, 4.69) is 48.0 Å². The summed E-state index contributed by atoms with van der Waals surface area (Å²) in [6, 6.07) is 6.37. The van der Waals surface area contributed by atoms with E-state index in [-0.39, 0.29) is 0 Å². The molecule has 1 rings (SSSR count). The molecule has 1 aromatic carbocycles. The predicted molar refractivity (Wildman–Crippen MR) is 59.9 cm³/mol. The van der Waals surface area contributed by atoms with Crippen molar-refractivity contribution in [2.75, 3.05) is 12.4 Å². The van der Waals surface area contributed by atoms with Gasteiger partial charge >= 0.3 is 0 Å². The molecular weight excluding hydrogens is 228 g/mol. The van der Waals surface area contributed by atoms with Gasteiger partial charge in [-0.1, -0.05) is 35.0 Å². The molecule has 0 fully saturated rings. The Kier molecular flexibility index (Phi) is 3.79. The SMILES string of the molecule is COc1cc([C@H](C)CBr)ccc1C. The van der Waals surface area contributed by atoms with Gasteiger partial charge in [0.15, 0.2) is 0 Å². The Labute approximate surface area is 88.2 Å². The van der Waals surface area contributed by atoms with E-state index in [0.29, 0.717) is 5.92 Å². The van der Waals surface area contributed by atoms with E-state index < -0.39 is 0 Å². The minimum absolute atomic E-state index is 0.537. The first kappa shape index (κ1) is 10.6. The number of alkyl halides is 1. The Morgan fingerprint density at radius 3 is 2.69 bits per heavy atom. The second-order valence-corrected chi connectivity index (χ2v) is 3.93. The standard InChI is InChI=1S/C11H15BrO/c1-8-4-5-10(9(2)7-12)6-11(8)13-3/h4-6,9H,7H2,1-3H3/t9-/m1/s1. The molecule has 0 saturated carbocycles. The van der Waals surface area contributed by atoms with Gasteiger partial charge in [0.25, 0.3) is 0 Å². The van der Waals surface area contributed by atoms with E-state index in [1.54, 1.807) is 7.11 Å². The fourth-order valence-corrected chi connectivity index (χ4v) is 1.61. The number of aryl methyl sites for hydroxylation is 1. The van der Waals surface area contributed by atoms with Crippen LogP contribution < -0.4 is 4.74 Å². The maximum Gasteiger partial charge on any atom is 0.122 e. The fourth-order valence-electron chi connectivity index (χ4n) is 1.23. The third kappa shape index (κ3) is 2.47. The van der Waals surface area contributed by atoms with Crippen LogP contribution in [-0.2, 0) is 0 Å². The third-order valence-corrected chi connectivity index (χ3v) is 3.20. The molecular formula is C11H15BrO. The summed E-state index contributed by atoms with van der Waals surface area (Å²) in [4.78, 5) is 0. The van der Waals surface area contributed by atoms with Crippen molar-refractivity contribution in [1.82, 2.24) is 0 Å². The summed E-state index contributed by atoms with van der Waals surface area (Å²) in [6.45, 7) is 4.25. The van der Waals surface area contributed by atoms with Crippen molar-refractivity contribution in [2.45, 2.75) is 19.8 Å². The van der Waals surface area contributed by atoms with Crippen LogP contribution in [0.3, 0.4) is 0 Å². The number of ether oxygens (including phenoxy) is 1. The Balaban J connectivity index is 2.99. The number of hydrogen-bond donors (Lipinski definition) is 0. The van der Waals surface area contributed by atoms with E-state index in [4.69, 9.17) is 4.74 Å². The molecule has 0 aromatic heterocycles. The molecule has 2 heteroatoms. The number of benzene rings is 1. The van der Waals surface area contributed by atoms with Crippen molar-refractivity contribution in [2.24, 2.45) is 0 Å². The topological polar surface area (TPSA) is 9.23 Å². The number of methoxy groups -OCH3 is 1. The van der Waals surface area contributed by atoms with Crippen LogP contribution in [0, 0.1) is 6.92 Å². The minimum Gasteiger partial charge on any atom is -0.496 e. The molecule has 13 heavy (non-hydrogen) atoms. The maximum absolute atomic E-state index is 5.26. The first-order chi connectivity index (χ1) is 6.19. The van der Waals surface area contributed by atoms with Crippen molar-refractivity contribution in [3.05, 3.63) is 29.3 Å². The van der Waals surface area contributed by atoms with Crippen molar-refractivity contribution < 1.29 is 4.74 Å². The van der Waals surface area contributed by atoms with Crippen LogP contribution in [0.4, 0.5) is 0 Å². The van der Waals surface area contributed by atoms with E-state index in [9.17, 15) is 0 Å². The van der Waals surface area contributed by atoms with Gasteiger partial charge in [-0.15, -0.1) is 0 Å². The van der Waals surface area contributed by atoms with Crippen LogP contribution in [0.25, 0.3) is 0 Å². The zero-order valence-corrected chi connectivity index (χ0v) is 9.89. The van der Waals surface area contributed by atoms with Crippen LogP contribution in [-0.4, -0.2) is 12.4 Å². The summed E-state index contributed by atoms with van der Waals surface area (Å²) >= 11 is 3.48. The molecule has 1 nitrogen and oxygen atoms in total. The lowest BCUT2D eigenvalue weighted by Crippen LogP contribution is -1.96. The lowest BCUT2D eigenvalue weighted by molar-refractivity contribution is 0.411. The fraction of sp³-hybridized carbons (Fsp3) is 0.455. The van der Waals surface area contributed by atoms with Gasteiger partial charge < -0.3 is 4.74 Å². The summed E-state index contributed by atoms with van der Waals surface area (Å²) in [5.41, 5.74) is 2.51. The van der Waals surface area contributed by atoms with Gasteiger partial charge in [0.2, 0.25) is 0 Å². The Hall–Kier alpha value is -0.500. The number of rotatable bonds is 3. The molecule has 0 unspecified atom stereocenters. The first-order valence-corrected chi connectivity index (χ1v) is 5.51. The summed E-state index contributed by atoms with van der Waals surface area (Å²) in [6.07, 6.45) is 0. The molecule has 1 aromatic rings. The highest BCUT2D eigenvalue weighted by Crippen LogP contribution is 2.24. The second-order valence-electron chi connectivity index (χ2n) is 3.28. The van der Waals surface area contributed by atoms with Gasteiger partial charge in [-0.3, -0.25) is 0 Å². The number of halogens is 1. The highest BCUT2D eigenvalue weighted by Gasteiger charge is 2.06. The minimum atomic E-state index is 0.537. The molecule has 0 saturated heterocycles. The number of hydrogen-bond acceptors (Lipinski definition) is 1. The highest BCUT2D eigenvalue weighted by molar-refractivity contribution is 9.09. The summed E-state index contributed by atoms with van der Waals surface area (Å²) in [5.74, 6) is 1.51. The smallest absolute Gasteiger partial charge is 0.122 e. The first-order valence-electron chi connectivity index (χ1n) is 4.39. The van der Waals surface area contributed by atoms with Gasteiger partial charge in [-0.2, -0.15) is 0 Å². The van der Waals surface area contributed by atoms with Crippen molar-refractivity contribution in [1.29, 1.82) is 0 Å².